The van der Waals surface area contributed by atoms with Gasteiger partial charge in [0.1, 0.15) is 0 Å². The molecule has 0 spiro atoms. The van der Waals surface area contributed by atoms with Crippen LogP contribution in [0.2, 0.25) is 0 Å². The van der Waals surface area contributed by atoms with Crippen molar-refractivity contribution >= 4 is 11.7 Å². The highest BCUT2D eigenvalue weighted by Crippen LogP contribution is 2.28. The van der Waals surface area contributed by atoms with Crippen LogP contribution < -0.4 is 0 Å². The lowest BCUT2D eigenvalue weighted by molar-refractivity contribution is -0.128. The summed E-state index contributed by atoms with van der Waals surface area (Å²) in [4.78, 5) is 29.5. The molecule has 2 heterocycles. The van der Waals surface area contributed by atoms with E-state index in [2.05, 4.69) is 11.1 Å². The Morgan fingerprint density at radius 3 is 2.95 bits per heavy atom. The van der Waals surface area contributed by atoms with Crippen molar-refractivity contribution in [1.82, 2.24) is 9.88 Å². The second-order valence-corrected chi connectivity index (χ2v) is 5.07. The fraction of sp³-hybridized carbons (Fsp3) is 0.429. The van der Waals surface area contributed by atoms with Crippen molar-refractivity contribution in [2.24, 2.45) is 5.41 Å². The average molecular weight is 257 g/mol. The number of pyridine rings is 1. The number of likely N-dealkylation sites (tertiary alicyclic amines) is 1. The smallest absolute Gasteiger partial charge is 0.295 e. The van der Waals surface area contributed by atoms with Gasteiger partial charge in [0.15, 0.2) is 0 Å². The molecule has 98 valence electrons. The number of nitriles is 1. The zero-order chi connectivity index (χ0) is 13.9. The Morgan fingerprint density at radius 1 is 1.53 bits per heavy atom. The highest BCUT2D eigenvalue weighted by Gasteiger charge is 2.35. The van der Waals surface area contributed by atoms with Crippen LogP contribution in [0.1, 0.15) is 30.1 Å². The number of carbonyl (C=O) groups is 2. The Balaban J connectivity index is 2.12. The predicted molar refractivity (Wildman–Crippen MR) is 68.1 cm³/mol. The van der Waals surface area contributed by atoms with Gasteiger partial charge in [-0.3, -0.25) is 14.6 Å². The van der Waals surface area contributed by atoms with Gasteiger partial charge in [-0.05, 0) is 31.9 Å². The van der Waals surface area contributed by atoms with E-state index in [0.717, 1.165) is 12.8 Å². The normalized spacial score (nSPS) is 22.6. The summed E-state index contributed by atoms with van der Waals surface area (Å²) in [7, 11) is 0. The zero-order valence-electron chi connectivity index (χ0n) is 10.8. The van der Waals surface area contributed by atoms with Crippen LogP contribution in [0.4, 0.5) is 0 Å². The Bertz CT molecular complexity index is 535. The lowest BCUT2D eigenvalue weighted by atomic mass is 9.83. The maximum absolute atomic E-state index is 12.1. The average Bonchev–Trinajstić information content (AvgIpc) is 2.46. The molecule has 2 rings (SSSR count). The molecular weight excluding hydrogens is 242 g/mol. The number of hydrogen-bond acceptors (Lipinski definition) is 4. The van der Waals surface area contributed by atoms with Crippen LogP contribution in [0.25, 0.3) is 0 Å². The number of nitrogens with zero attached hydrogens (tertiary/aromatic N) is 3. The molecule has 0 aromatic carbocycles. The molecule has 0 unspecified atom stereocenters. The molecule has 1 aromatic heterocycles. The van der Waals surface area contributed by atoms with E-state index in [1.54, 1.807) is 18.3 Å². The number of carbonyl (C=O) groups excluding carboxylic acids is 2. The first-order chi connectivity index (χ1) is 9.06. The molecule has 1 amide bonds. The van der Waals surface area contributed by atoms with E-state index >= 15 is 0 Å². The zero-order valence-corrected chi connectivity index (χ0v) is 10.8. The van der Waals surface area contributed by atoms with Gasteiger partial charge in [-0.25, -0.2) is 0 Å². The second kappa shape index (κ2) is 5.19. The predicted octanol–water partition coefficient (Wildman–Crippen LogP) is 1.42. The SMILES string of the molecule is C[C@@]1(C#N)CCCN(C(=O)C(=O)c2cccnc2)C1. The van der Waals surface area contributed by atoms with Gasteiger partial charge in [-0.1, -0.05) is 0 Å². The third-order valence-electron chi connectivity index (χ3n) is 3.37. The number of hydrogen-bond donors (Lipinski definition) is 0. The van der Waals surface area contributed by atoms with Crippen LogP contribution >= 0.6 is 0 Å². The van der Waals surface area contributed by atoms with Crippen LogP contribution in [0, 0.1) is 16.7 Å². The number of rotatable bonds is 2. The molecule has 1 atom stereocenters. The van der Waals surface area contributed by atoms with Crippen LogP contribution in [0.3, 0.4) is 0 Å². The Morgan fingerprint density at radius 2 is 2.32 bits per heavy atom. The van der Waals surface area contributed by atoms with Crippen molar-refractivity contribution in [3.8, 4) is 6.07 Å². The van der Waals surface area contributed by atoms with E-state index in [9.17, 15) is 9.59 Å². The van der Waals surface area contributed by atoms with Gasteiger partial charge in [-0.2, -0.15) is 5.26 Å². The van der Waals surface area contributed by atoms with Gasteiger partial charge in [0, 0.05) is 31.0 Å². The Kier molecular flexibility index (Phi) is 3.61. The molecule has 5 nitrogen and oxygen atoms in total. The standard InChI is InChI=1S/C14H15N3O2/c1-14(9-15)5-3-7-17(10-14)13(19)12(18)11-4-2-6-16-8-11/h2,4,6,8H,3,5,7,10H2,1H3/t14-/m0/s1. The Hall–Kier alpha value is -2.22. The summed E-state index contributed by atoms with van der Waals surface area (Å²) in [5.41, 5.74) is -0.264. The monoisotopic (exact) mass is 257 g/mol. The van der Waals surface area contributed by atoms with E-state index in [0.29, 0.717) is 13.1 Å². The van der Waals surface area contributed by atoms with Crippen LogP contribution in [0.15, 0.2) is 24.5 Å². The first kappa shape index (κ1) is 13.2. The summed E-state index contributed by atoms with van der Waals surface area (Å²) < 4.78 is 0. The largest absolute Gasteiger partial charge is 0.334 e. The minimum atomic E-state index is -0.560. The topological polar surface area (TPSA) is 74.1 Å². The van der Waals surface area contributed by atoms with Crippen molar-refractivity contribution in [1.29, 1.82) is 5.26 Å². The molecule has 1 aliphatic heterocycles. The van der Waals surface area contributed by atoms with E-state index in [1.165, 1.54) is 11.1 Å². The lowest BCUT2D eigenvalue weighted by Crippen LogP contribution is -2.46. The summed E-state index contributed by atoms with van der Waals surface area (Å²) in [6.07, 6.45) is 4.44. The van der Waals surface area contributed by atoms with Gasteiger partial charge < -0.3 is 4.90 Å². The molecule has 0 radical (unpaired) electrons. The molecule has 1 fully saturated rings. The van der Waals surface area contributed by atoms with Crippen LogP contribution in [-0.4, -0.2) is 34.7 Å². The summed E-state index contributed by atoms with van der Waals surface area (Å²) in [5, 5.41) is 9.12. The molecule has 19 heavy (non-hydrogen) atoms. The third-order valence-corrected chi connectivity index (χ3v) is 3.37. The molecule has 0 aliphatic carbocycles. The first-order valence-electron chi connectivity index (χ1n) is 6.21. The maximum atomic E-state index is 12.1. The van der Waals surface area contributed by atoms with Gasteiger partial charge >= 0.3 is 0 Å². The number of Topliss-reactive ketones (excluding diaryl/α,β-unsaturated/α-hetero) is 1. The summed E-state index contributed by atoms with van der Waals surface area (Å²) in [6, 6.07) is 5.42. The van der Waals surface area contributed by atoms with Gasteiger partial charge in [0.2, 0.25) is 0 Å². The van der Waals surface area contributed by atoms with E-state index in [1.807, 2.05) is 6.92 Å². The van der Waals surface area contributed by atoms with Crippen molar-refractivity contribution in [2.75, 3.05) is 13.1 Å². The van der Waals surface area contributed by atoms with E-state index < -0.39 is 17.1 Å². The number of ketones is 1. The molecule has 0 saturated carbocycles. The minimum Gasteiger partial charge on any atom is -0.334 e. The molecule has 1 saturated heterocycles. The summed E-state index contributed by atoms with van der Waals surface area (Å²) in [5.74, 6) is -1.11. The van der Waals surface area contributed by atoms with E-state index in [-0.39, 0.29) is 5.56 Å². The fourth-order valence-electron chi connectivity index (χ4n) is 2.27. The maximum Gasteiger partial charge on any atom is 0.295 e. The number of piperidine rings is 1. The fourth-order valence-corrected chi connectivity index (χ4v) is 2.27. The molecule has 5 heteroatoms. The Labute approximate surface area is 111 Å². The second-order valence-electron chi connectivity index (χ2n) is 5.07. The quantitative estimate of drug-likeness (QED) is 0.593. The molecule has 1 aromatic rings. The number of aromatic nitrogens is 1. The van der Waals surface area contributed by atoms with Gasteiger partial charge in [0.05, 0.1) is 11.5 Å². The summed E-state index contributed by atoms with van der Waals surface area (Å²) >= 11 is 0. The number of amides is 1. The molecule has 0 N–H and O–H groups in total. The highest BCUT2D eigenvalue weighted by molar-refractivity contribution is 6.42. The van der Waals surface area contributed by atoms with Crippen LogP contribution in [-0.2, 0) is 4.79 Å². The lowest BCUT2D eigenvalue weighted by Gasteiger charge is -2.35. The minimum absolute atomic E-state index is 0.289. The highest BCUT2D eigenvalue weighted by atomic mass is 16.2. The molecular formula is C14H15N3O2. The van der Waals surface area contributed by atoms with Crippen molar-refractivity contribution in [3.63, 3.8) is 0 Å². The first-order valence-corrected chi connectivity index (χ1v) is 6.21. The van der Waals surface area contributed by atoms with Gasteiger partial charge in [0.25, 0.3) is 11.7 Å². The van der Waals surface area contributed by atoms with Crippen LogP contribution in [0.5, 0.6) is 0 Å². The van der Waals surface area contributed by atoms with Gasteiger partial charge in [-0.15, -0.1) is 0 Å². The van der Waals surface area contributed by atoms with E-state index in [4.69, 9.17) is 5.26 Å². The molecule has 0 bridgehead atoms. The van der Waals surface area contributed by atoms with Crippen molar-refractivity contribution in [3.05, 3.63) is 30.1 Å². The molecule has 1 aliphatic rings. The van der Waals surface area contributed by atoms with Crippen molar-refractivity contribution < 1.29 is 9.59 Å². The third kappa shape index (κ3) is 2.79. The van der Waals surface area contributed by atoms with Crippen molar-refractivity contribution in [2.45, 2.75) is 19.8 Å². The summed E-state index contributed by atoms with van der Waals surface area (Å²) in [6.45, 7) is 2.66.